The number of thioether (sulfide) groups is 1. The van der Waals surface area contributed by atoms with Crippen LogP contribution in [0.25, 0.3) is 0 Å². The van der Waals surface area contributed by atoms with Gasteiger partial charge in [0.1, 0.15) is 0 Å². The topological polar surface area (TPSA) is 38.9 Å². The Labute approximate surface area is 120 Å². The smallest absolute Gasteiger partial charge is 0.0410 e. The van der Waals surface area contributed by atoms with Crippen LogP contribution in [0.15, 0.2) is 58.2 Å². The van der Waals surface area contributed by atoms with Crippen molar-refractivity contribution < 1.29 is 0 Å². The normalized spacial score (nSPS) is 12.3. The first-order valence-corrected chi connectivity index (χ1v) is 7.55. The van der Waals surface area contributed by atoms with Crippen molar-refractivity contribution in [3.63, 3.8) is 0 Å². The van der Waals surface area contributed by atoms with Gasteiger partial charge < -0.3 is 5.73 Å². The highest BCUT2D eigenvalue weighted by Crippen LogP contribution is 2.19. The minimum absolute atomic E-state index is 0.145. The van der Waals surface area contributed by atoms with Gasteiger partial charge in [-0.15, -0.1) is 11.8 Å². The molecule has 2 nitrogen and oxygen atoms in total. The molecule has 0 saturated carbocycles. The molecule has 18 heavy (non-hydrogen) atoms. The number of rotatable bonds is 5. The molecular weight excluding hydrogens is 308 g/mol. The Morgan fingerprint density at radius 2 is 2.00 bits per heavy atom. The van der Waals surface area contributed by atoms with Gasteiger partial charge in [0.15, 0.2) is 0 Å². The van der Waals surface area contributed by atoms with Crippen molar-refractivity contribution in [3.05, 3.63) is 58.8 Å². The third-order valence-corrected chi connectivity index (χ3v) is 4.10. The van der Waals surface area contributed by atoms with Crippen molar-refractivity contribution >= 4 is 27.7 Å². The van der Waals surface area contributed by atoms with Crippen LogP contribution in [0.5, 0.6) is 0 Å². The monoisotopic (exact) mass is 322 g/mol. The maximum atomic E-state index is 6.14. The lowest BCUT2D eigenvalue weighted by Crippen LogP contribution is -2.25. The van der Waals surface area contributed by atoms with E-state index in [1.807, 2.05) is 24.4 Å². The van der Waals surface area contributed by atoms with Crippen molar-refractivity contribution in [1.29, 1.82) is 0 Å². The van der Waals surface area contributed by atoms with E-state index in [9.17, 15) is 0 Å². The molecule has 2 rings (SSSR count). The summed E-state index contributed by atoms with van der Waals surface area (Å²) in [6, 6.07) is 12.6. The standard InChI is InChI=1S/C14H15BrN2S/c15-12-6-11(8-17-9-12)7-13(16)10-18-14-4-2-1-3-5-14/h1-6,8-9,13H,7,10,16H2. The fourth-order valence-corrected chi connectivity index (χ4v) is 2.94. The van der Waals surface area contributed by atoms with Gasteiger partial charge in [0, 0.05) is 33.6 Å². The zero-order chi connectivity index (χ0) is 12.8. The second-order valence-corrected chi connectivity index (χ2v) is 6.11. The first-order chi connectivity index (χ1) is 8.74. The maximum absolute atomic E-state index is 6.14. The summed E-state index contributed by atoms with van der Waals surface area (Å²) in [6.07, 6.45) is 4.51. The molecule has 1 unspecified atom stereocenters. The molecule has 94 valence electrons. The van der Waals surface area contributed by atoms with Crippen molar-refractivity contribution in [2.45, 2.75) is 17.4 Å². The summed E-state index contributed by atoms with van der Waals surface area (Å²) in [6.45, 7) is 0. The van der Waals surface area contributed by atoms with Crippen LogP contribution in [0, 0.1) is 0 Å². The predicted molar refractivity (Wildman–Crippen MR) is 80.8 cm³/mol. The van der Waals surface area contributed by atoms with Crippen LogP contribution in [0.4, 0.5) is 0 Å². The highest BCUT2D eigenvalue weighted by molar-refractivity contribution is 9.10. The Balaban J connectivity index is 1.84. The molecular formula is C14H15BrN2S. The van der Waals surface area contributed by atoms with Crippen LogP contribution in [-0.2, 0) is 6.42 Å². The van der Waals surface area contributed by atoms with Gasteiger partial charge in [0.05, 0.1) is 0 Å². The van der Waals surface area contributed by atoms with Crippen LogP contribution < -0.4 is 5.73 Å². The molecule has 0 fully saturated rings. The Morgan fingerprint density at radius 1 is 1.22 bits per heavy atom. The second-order valence-electron chi connectivity index (χ2n) is 4.10. The first-order valence-electron chi connectivity index (χ1n) is 5.77. The third kappa shape index (κ3) is 4.44. The van der Waals surface area contributed by atoms with Crippen molar-refractivity contribution in [3.8, 4) is 0 Å². The van der Waals surface area contributed by atoms with Gasteiger partial charge in [0.25, 0.3) is 0 Å². The number of nitrogens with two attached hydrogens (primary N) is 1. The van der Waals surface area contributed by atoms with Gasteiger partial charge in [-0.2, -0.15) is 0 Å². The molecule has 0 aliphatic rings. The number of hydrogen-bond acceptors (Lipinski definition) is 3. The van der Waals surface area contributed by atoms with E-state index in [4.69, 9.17) is 5.73 Å². The van der Waals surface area contributed by atoms with E-state index in [-0.39, 0.29) is 6.04 Å². The SMILES string of the molecule is NC(CSc1ccccc1)Cc1cncc(Br)c1. The van der Waals surface area contributed by atoms with E-state index in [2.05, 4.69) is 39.1 Å². The Kier molecular flexibility index (Phi) is 5.23. The molecule has 4 heteroatoms. The summed E-state index contributed by atoms with van der Waals surface area (Å²) < 4.78 is 1.00. The van der Waals surface area contributed by atoms with Gasteiger partial charge in [-0.05, 0) is 46.1 Å². The van der Waals surface area contributed by atoms with Crippen molar-refractivity contribution in [1.82, 2.24) is 4.98 Å². The molecule has 1 aromatic carbocycles. The van der Waals surface area contributed by atoms with E-state index >= 15 is 0 Å². The summed E-state index contributed by atoms with van der Waals surface area (Å²) in [4.78, 5) is 5.41. The van der Waals surface area contributed by atoms with Crippen LogP contribution >= 0.6 is 27.7 Å². The molecule has 2 N–H and O–H groups in total. The minimum Gasteiger partial charge on any atom is -0.327 e. The van der Waals surface area contributed by atoms with E-state index in [0.29, 0.717) is 0 Å². The van der Waals surface area contributed by atoms with Crippen molar-refractivity contribution in [2.24, 2.45) is 5.73 Å². The van der Waals surface area contributed by atoms with Gasteiger partial charge in [-0.3, -0.25) is 4.98 Å². The van der Waals surface area contributed by atoms with E-state index in [1.54, 1.807) is 18.0 Å². The number of aromatic nitrogens is 1. The molecule has 0 spiro atoms. The fourth-order valence-electron chi connectivity index (χ4n) is 1.65. The van der Waals surface area contributed by atoms with Crippen LogP contribution in [0.3, 0.4) is 0 Å². The molecule has 0 aliphatic carbocycles. The number of benzene rings is 1. The Hall–Kier alpha value is -0.840. The average Bonchev–Trinajstić information content (AvgIpc) is 2.38. The minimum atomic E-state index is 0.145. The summed E-state index contributed by atoms with van der Waals surface area (Å²) >= 11 is 5.21. The quantitative estimate of drug-likeness (QED) is 0.856. The van der Waals surface area contributed by atoms with Gasteiger partial charge in [-0.25, -0.2) is 0 Å². The molecule has 2 aromatic rings. The lowest BCUT2D eigenvalue weighted by molar-refractivity contribution is 0.745. The lowest BCUT2D eigenvalue weighted by atomic mass is 10.1. The zero-order valence-electron chi connectivity index (χ0n) is 9.92. The summed E-state index contributed by atoms with van der Waals surface area (Å²) in [5, 5.41) is 0. The molecule has 1 atom stereocenters. The predicted octanol–water partition coefficient (Wildman–Crippen LogP) is 3.51. The summed E-state index contributed by atoms with van der Waals surface area (Å²) in [7, 11) is 0. The molecule has 0 radical (unpaired) electrons. The fraction of sp³-hybridized carbons (Fsp3) is 0.214. The van der Waals surface area contributed by atoms with Crippen LogP contribution in [0.1, 0.15) is 5.56 Å². The summed E-state index contributed by atoms with van der Waals surface area (Å²) in [5.41, 5.74) is 7.31. The van der Waals surface area contributed by atoms with E-state index in [1.165, 1.54) is 10.5 Å². The van der Waals surface area contributed by atoms with Crippen molar-refractivity contribution in [2.75, 3.05) is 5.75 Å². The maximum Gasteiger partial charge on any atom is 0.0410 e. The number of nitrogens with zero attached hydrogens (tertiary/aromatic N) is 1. The van der Waals surface area contributed by atoms with Gasteiger partial charge in [-0.1, -0.05) is 18.2 Å². The number of hydrogen-bond donors (Lipinski definition) is 1. The Bertz CT molecular complexity index is 490. The second kappa shape index (κ2) is 6.92. The molecule has 0 bridgehead atoms. The highest BCUT2D eigenvalue weighted by atomic mass is 79.9. The first kappa shape index (κ1) is 13.6. The lowest BCUT2D eigenvalue weighted by Gasteiger charge is -2.11. The largest absolute Gasteiger partial charge is 0.327 e. The Morgan fingerprint density at radius 3 is 2.72 bits per heavy atom. The van der Waals surface area contributed by atoms with E-state index in [0.717, 1.165) is 16.6 Å². The summed E-state index contributed by atoms with van der Waals surface area (Å²) in [5.74, 6) is 0.913. The molecule has 1 heterocycles. The molecule has 1 aromatic heterocycles. The molecule has 0 aliphatic heterocycles. The number of pyridine rings is 1. The number of halogens is 1. The molecule has 0 amide bonds. The third-order valence-electron chi connectivity index (χ3n) is 2.47. The van der Waals surface area contributed by atoms with Gasteiger partial charge in [0.2, 0.25) is 0 Å². The van der Waals surface area contributed by atoms with Crippen LogP contribution in [-0.4, -0.2) is 16.8 Å². The zero-order valence-corrected chi connectivity index (χ0v) is 12.3. The van der Waals surface area contributed by atoms with Crippen LogP contribution in [0.2, 0.25) is 0 Å². The average molecular weight is 323 g/mol. The van der Waals surface area contributed by atoms with E-state index < -0.39 is 0 Å². The molecule has 0 saturated heterocycles. The van der Waals surface area contributed by atoms with Gasteiger partial charge >= 0.3 is 0 Å². The highest BCUT2D eigenvalue weighted by Gasteiger charge is 2.05.